The van der Waals surface area contributed by atoms with Gasteiger partial charge in [-0.1, -0.05) is 30.3 Å². The maximum Gasteiger partial charge on any atom is 0.0839 e. The van der Waals surface area contributed by atoms with Crippen molar-refractivity contribution < 1.29 is 0 Å². The first-order valence-corrected chi connectivity index (χ1v) is 6.63. The number of nitrogens with zero attached hydrogens (tertiary/aromatic N) is 2. The predicted octanol–water partition coefficient (Wildman–Crippen LogP) is 1.96. The van der Waals surface area contributed by atoms with Crippen LogP contribution in [-0.4, -0.2) is 30.6 Å². The summed E-state index contributed by atoms with van der Waals surface area (Å²) in [5.74, 6) is 0.556. The second-order valence-electron chi connectivity index (χ2n) is 5.23. The Bertz CT molecular complexity index is 409. The van der Waals surface area contributed by atoms with Gasteiger partial charge >= 0.3 is 0 Å². The van der Waals surface area contributed by atoms with E-state index in [1.165, 1.54) is 0 Å². The SMILES string of the molecule is CC1CC(CN)CN1CC(C#N)c1ccccc1. The van der Waals surface area contributed by atoms with Gasteiger partial charge in [0.25, 0.3) is 0 Å². The lowest BCUT2D eigenvalue weighted by Crippen LogP contribution is -2.31. The van der Waals surface area contributed by atoms with Crippen molar-refractivity contribution in [3.8, 4) is 6.07 Å². The largest absolute Gasteiger partial charge is 0.330 e. The molecule has 96 valence electrons. The number of rotatable bonds is 4. The monoisotopic (exact) mass is 243 g/mol. The third-order valence-electron chi connectivity index (χ3n) is 3.90. The fourth-order valence-electron chi connectivity index (χ4n) is 2.78. The molecule has 1 saturated heterocycles. The molecule has 0 bridgehead atoms. The second-order valence-corrected chi connectivity index (χ2v) is 5.23. The van der Waals surface area contributed by atoms with Crippen LogP contribution >= 0.6 is 0 Å². The molecule has 0 aromatic heterocycles. The molecule has 1 aromatic carbocycles. The van der Waals surface area contributed by atoms with E-state index in [2.05, 4.69) is 17.9 Å². The van der Waals surface area contributed by atoms with Crippen LogP contribution in [0, 0.1) is 17.2 Å². The fourth-order valence-corrected chi connectivity index (χ4v) is 2.78. The molecule has 1 fully saturated rings. The lowest BCUT2D eigenvalue weighted by atomic mass is 10.00. The first-order chi connectivity index (χ1) is 8.74. The number of benzene rings is 1. The van der Waals surface area contributed by atoms with Crippen LogP contribution in [0.2, 0.25) is 0 Å². The quantitative estimate of drug-likeness (QED) is 0.879. The van der Waals surface area contributed by atoms with Crippen molar-refractivity contribution >= 4 is 0 Å². The standard InChI is InChI=1S/C15H21N3/c1-12-7-13(8-16)10-18(12)11-15(9-17)14-5-3-2-4-6-14/h2-6,12-13,15H,7-8,10-11,16H2,1H3. The van der Waals surface area contributed by atoms with Gasteiger partial charge in [-0.05, 0) is 31.4 Å². The van der Waals surface area contributed by atoms with Crippen LogP contribution in [-0.2, 0) is 0 Å². The summed E-state index contributed by atoms with van der Waals surface area (Å²) in [4.78, 5) is 2.40. The van der Waals surface area contributed by atoms with Crippen molar-refractivity contribution in [1.29, 1.82) is 5.26 Å². The van der Waals surface area contributed by atoms with Crippen molar-refractivity contribution in [2.75, 3.05) is 19.6 Å². The van der Waals surface area contributed by atoms with E-state index < -0.39 is 0 Å². The summed E-state index contributed by atoms with van der Waals surface area (Å²) in [5.41, 5.74) is 6.86. The van der Waals surface area contributed by atoms with Crippen LogP contribution in [0.3, 0.4) is 0 Å². The van der Waals surface area contributed by atoms with E-state index in [0.29, 0.717) is 12.0 Å². The summed E-state index contributed by atoms with van der Waals surface area (Å²) in [6.07, 6.45) is 1.16. The average molecular weight is 243 g/mol. The van der Waals surface area contributed by atoms with Gasteiger partial charge in [0.1, 0.15) is 0 Å². The Morgan fingerprint density at radius 3 is 2.72 bits per heavy atom. The number of likely N-dealkylation sites (tertiary alicyclic amines) is 1. The zero-order chi connectivity index (χ0) is 13.0. The van der Waals surface area contributed by atoms with Gasteiger partial charge in [-0.2, -0.15) is 5.26 Å². The van der Waals surface area contributed by atoms with E-state index in [9.17, 15) is 5.26 Å². The van der Waals surface area contributed by atoms with Gasteiger partial charge in [-0.3, -0.25) is 4.90 Å². The Morgan fingerprint density at radius 2 is 2.17 bits per heavy atom. The molecule has 2 N–H and O–H groups in total. The molecule has 0 saturated carbocycles. The Balaban J connectivity index is 2.02. The molecule has 3 unspecified atom stereocenters. The lowest BCUT2D eigenvalue weighted by Gasteiger charge is -2.23. The summed E-state index contributed by atoms with van der Waals surface area (Å²) >= 11 is 0. The molecule has 1 aliphatic rings. The zero-order valence-corrected chi connectivity index (χ0v) is 10.9. The molecule has 18 heavy (non-hydrogen) atoms. The summed E-state index contributed by atoms with van der Waals surface area (Å²) < 4.78 is 0. The summed E-state index contributed by atoms with van der Waals surface area (Å²) in [6, 6.07) is 13.0. The summed E-state index contributed by atoms with van der Waals surface area (Å²) in [7, 11) is 0. The zero-order valence-electron chi connectivity index (χ0n) is 10.9. The highest BCUT2D eigenvalue weighted by Crippen LogP contribution is 2.25. The van der Waals surface area contributed by atoms with Crippen molar-refractivity contribution in [2.45, 2.75) is 25.3 Å². The molecule has 1 aliphatic heterocycles. The molecule has 1 aromatic rings. The van der Waals surface area contributed by atoms with Crippen LogP contribution in [0.1, 0.15) is 24.8 Å². The van der Waals surface area contributed by atoms with Gasteiger partial charge in [0.15, 0.2) is 0 Å². The molecular weight excluding hydrogens is 222 g/mol. The fraction of sp³-hybridized carbons (Fsp3) is 0.533. The molecule has 1 heterocycles. The predicted molar refractivity (Wildman–Crippen MR) is 73.0 cm³/mol. The maximum absolute atomic E-state index is 9.35. The smallest absolute Gasteiger partial charge is 0.0839 e. The van der Waals surface area contributed by atoms with E-state index in [4.69, 9.17) is 5.73 Å². The van der Waals surface area contributed by atoms with Crippen molar-refractivity contribution in [1.82, 2.24) is 4.90 Å². The third kappa shape index (κ3) is 2.90. The molecule has 0 radical (unpaired) electrons. The summed E-state index contributed by atoms with van der Waals surface area (Å²) in [6.45, 7) is 4.83. The normalized spacial score (nSPS) is 25.8. The highest BCUT2D eigenvalue weighted by molar-refractivity contribution is 5.25. The number of hydrogen-bond donors (Lipinski definition) is 1. The van der Waals surface area contributed by atoms with Crippen LogP contribution < -0.4 is 5.73 Å². The molecule has 3 nitrogen and oxygen atoms in total. The lowest BCUT2D eigenvalue weighted by molar-refractivity contribution is 0.259. The van der Waals surface area contributed by atoms with Gasteiger partial charge in [-0.25, -0.2) is 0 Å². The van der Waals surface area contributed by atoms with Gasteiger partial charge in [0.05, 0.1) is 12.0 Å². The Kier molecular flexibility index (Phi) is 4.35. The van der Waals surface area contributed by atoms with E-state index in [1.807, 2.05) is 30.3 Å². The van der Waals surface area contributed by atoms with E-state index >= 15 is 0 Å². The van der Waals surface area contributed by atoms with Crippen molar-refractivity contribution in [2.24, 2.45) is 11.7 Å². The first-order valence-electron chi connectivity index (χ1n) is 6.63. The van der Waals surface area contributed by atoms with Crippen LogP contribution in [0.4, 0.5) is 0 Å². The Morgan fingerprint density at radius 1 is 1.44 bits per heavy atom. The number of nitrogens with two attached hydrogens (primary N) is 1. The Labute approximate surface area is 109 Å². The number of nitriles is 1. The molecule has 0 aliphatic carbocycles. The Hall–Kier alpha value is -1.37. The maximum atomic E-state index is 9.35. The molecule has 2 rings (SSSR count). The van der Waals surface area contributed by atoms with Gasteiger partial charge in [0, 0.05) is 19.1 Å². The molecule has 0 spiro atoms. The van der Waals surface area contributed by atoms with Crippen molar-refractivity contribution in [3.63, 3.8) is 0 Å². The van der Waals surface area contributed by atoms with E-state index in [1.54, 1.807) is 0 Å². The topological polar surface area (TPSA) is 53.0 Å². The van der Waals surface area contributed by atoms with Crippen molar-refractivity contribution in [3.05, 3.63) is 35.9 Å². The average Bonchev–Trinajstić information content (AvgIpc) is 2.77. The third-order valence-corrected chi connectivity index (χ3v) is 3.90. The van der Waals surface area contributed by atoms with Crippen LogP contribution in [0.25, 0.3) is 0 Å². The molecule has 0 amide bonds. The molecule has 3 atom stereocenters. The minimum absolute atomic E-state index is 0.0369. The van der Waals surface area contributed by atoms with Gasteiger partial charge in [-0.15, -0.1) is 0 Å². The van der Waals surface area contributed by atoms with Crippen LogP contribution in [0.5, 0.6) is 0 Å². The highest BCUT2D eigenvalue weighted by Gasteiger charge is 2.29. The van der Waals surface area contributed by atoms with E-state index in [-0.39, 0.29) is 5.92 Å². The second kappa shape index (κ2) is 5.99. The minimum atomic E-state index is -0.0369. The number of hydrogen-bond acceptors (Lipinski definition) is 3. The minimum Gasteiger partial charge on any atom is -0.330 e. The van der Waals surface area contributed by atoms with E-state index in [0.717, 1.165) is 31.6 Å². The summed E-state index contributed by atoms with van der Waals surface area (Å²) in [5, 5.41) is 9.35. The van der Waals surface area contributed by atoms with Crippen LogP contribution in [0.15, 0.2) is 30.3 Å². The van der Waals surface area contributed by atoms with Gasteiger partial charge < -0.3 is 5.73 Å². The molecular formula is C15H21N3. The highest BCUT2D eigenvalue weighted by atomic mass is 15.2. The first kappa shape index (κ1) is 13.1. The van der Waals surface area contributed by atoms with Gasteiger partial charge in [0.2, 0.25) is 0 Å². The molecule has 3 heteroatoms.